The number of nitro groups is 2. The minimum atomic E-state index is -0.510. The standard InChI is InChI=1S/C19H16N6O4/c20-12-14-2-4-16(18(10-14)24(26)27)22-6-1-7-23(9-8-22)17-5-3-15(13-21)11-19(17)25(28)29/h2-5,10-11H,1,6-9H2. The molecule has 0 unspecified atom stereocenters. The Hall–Kier alpha value is -4.18. The molecule has 10 nitrogen and oxygen atoms in total. The Morgan fingerprint density at radius 2 is 1.17 bits per heavy atom. The highest BCUT2D eigenvalue weighted by atomic mass is 16.6. The van der Waals surface area contributed by atoms with E-state index >= 15 is 0 Å². The molecular formula is C19H16N6O4. The molecule has 2 aromatic rings. The minimum absolute atomic E-state index is 0.137. The Labute approximate surface area is 166 Å². The normalized spacial score (nSPS) is 13.9. The van der Waals surface area contributed by atoms with Gasteiger partial charge in [-0.3, -0.25) is 20.2 Å². The summed E-state index contributed by atoms with van der Waals surface area (Å²) in [6, 6.07) is 12.5. The number of nitrogens with zero attached hydrogens (tertiary/aromatic N) is 6. The molecule has 1 saturated heterocycles. The van der Waals surface area contributed by atoms with Crippen molar-refractivity contribution in [2.75, 3.05) is 36.0 Å². The van der Waals surface area contributed by atoms with Gasteiger partial charge in [-0.2, -0.15) is 10.5 Å². The van der Waals surface area contributed by atoms with E-state index in [0.29, 0.717) is 44.0 Å². The van der Waals surface area contributed by atoms with Crippen LogP contribution in [0.15, 0.2) is 36.4 Å². The molecule has 0 atom stereocenters. The Balaban J connectivity index is 1.88. The van der Waals surface area contributed by atoms with E-state index < -0.39 is 9.85 Å². The van der Waals surface area contributed by atoms with Gasteiger partial charge in [-0.1, -0.05) is 0 Å². The van der Waals surface area contributed by atoms with E-state index in [4.69, 9.17) is 10.5 Å². The van der Waals surface area contributed by atoms with E-state index in [9.17, 15) is 20.2 Å². The van der Waals surface area contributed by atoms with E-state index in [1.807, 2.05) is 21.9 Å². The number of hydrogen-bond acceptors (Lipinski definition) is 8. The van der Waals surface area contributed by atoms with Crippen LogP contribution in [0.2, 0.25) is 0 Å². The molecule has 146 valence electrons. The molecule has 0 bridgehead atoms. The molecule has 0 N–H and O–H groups in total. The smallest absolute Gasteiger partial charge is 0.293 e. The Bertz CT molecular complexity index is 972. The van der Waals surface area contributed by atoms with E-state index in [-0.39, 0.29) is 22.5 Å². The third-order valence-electron chi connectivity index (χ3n) is 4.78. The molecule has 1 heterocycles. The highest BCUT2D eigenvalue weighted by molar-refractivity contribution is 5.68. The van der Waals surface area contributed by atoms with Crippen molar-refractivity contribution in [3.05, 3.63) is 67.8 Å². The predicted octanol–water partition coefficient (Wildman–Crippen LogP) is 2.96. The number of rotatable bonds is 4. The van der Waals surface area contributed by atoms with Gasteiger partial charge in [0.15, 0.2) is 0 Å². The van der Waals surface area contributed by atoms with Crippen molar-refractivity contribution in [3.8, 4) is 12.1 Å². The van der Waals surface area contributed by atoms with Crippen LogP contribution in [-0.2, 0) is 0 Å². The van der Waals surface area contributed by atoms with Crippen LogP contribution in [0, 0.1) is 42.9 Å². The number of nitro benzene ring substituents is 2. The second kappa shape index (κ2) is 8.23. The minimum Gasteiger partial charge on any atom is -0.364 e. The fraction of sp³-hybridized carbons (Fsp3) is 0.263. The van der Waals surface area contributed by atoms with Crippen LogP contribution >= 0.6 is 0 Å². The number of hydrogen-bond donors (Lipinski definition) is 0. The van der Waals surface area contributed by atoms with Crippen LogP contribution in [0.1, 0.15) is 17.5 Å². The average molecular weight is 392 g/mol. The van der Waals surface area contributed by atoms with Gasteiger partial charge < -0.3 is 9.80 Å². The molecule has 29 heavy (non-hydrogen) atoms. The first-order chi connectivity index (χ1) is 13.9. The SMILES string of the molecule is N#Cc1ccc(N2CCCN(c3ccc(C#N)cc3[N+](=O)[O-])CC2)c([N+](=O)[O-])c1. The van der Waals surface area contributed by atoms with Crippen LogP contribution in [0.3, 0.4) is 0 Å². The van der Waals surface area contributed by atoms with Crippen molar-refractivity contribution < 1.29 is 9.85 Å². The van der Waals surface area contributed by atoms with Crippen molar-refractivity contribution in [1.29, 1.82) is 10.5 Å². The predicted molar refractivity (Wildman–Crippen MR) is 105 cm³/mol. The zero-order valence-electron chi connectivity index (χ0n) is 15.3. The molecule has 3 rings (SSSR count). The Morgan fingerprint density at radius 1 is 0.759 bits per heavy atom. The molecule has 1 aliphatic heterocycles. The monoisotopic (exact) mass is 392 g/mol. The zero-order valence-corrected chi connectivity index (χ0v) is 15.3. The Morgan fingerprint density at radius 3 is 1.52 bits per heavy atom. The summed E-state index contributed by atoms with van der Waals surface area (Å²) >= 11 is 0. The van der Waals surface area contributed by atoms with Crippen LogP contribution in [0.4, 0.5) is 22.7 Å². The summed E-state index contributed by atoms with van der Waals surface area (Å²) in [5, 5.41) is 40.9. The molecule has 2 aromatic carbocycles. The van der Waals surface area contributed by atoms with Gasteiger partial charge in [0.05, 0.1) is 33.1 Å². The molecule has 0 aromatic heterocycles. The van der Waals surface area contributed by atoms with Gasteiger partial charge in [0.1, 0.15) is 11.4 Å². The van der Waals surface area contributed by atoms with Crippen LogP contribution in [0.25, 0.3) is 0 Å². The fourth-order valence-electron chi connectivity index (χ4n) is 3.41. The highest BCUT2D eigenvalue weighted by Gasteiger charge is 2.26. The summed E-state index contributed by atoms with van der Waals surface area (Å²) in [6.07, 6.45) is 0.633. The van der Waals surface area contributed by atoms with Gasteiger partial charge in [-0.25, -0.2) is 0 Å². The van der Waals surface area contributed by atoms with Gasteiger partial charge in [0.2, 0.25) is 0 Å². The van der Waals surface area contributed by atoms with Crippen molar-refractivity contribution in [1.82, 2.24) is 0 Å². The van der Waals surface area contributed by atoms with Gasteiger partial charge in [-0.05, 0) is 30.7 Å². The van der Waals surface area contributed by atoms with Gasteiger partial charge >= 0.3 is 0 Å². The molecule has 10 heteroatoms. The lowest BCUT2D eigenvalue weighted by molar-refractivity contribution is -0.384. The molecule has 0 aliphatic carbocycles. The third kappa shape index (κ3) is 4.06. The lowest BCUT2D eigenvalue weighted by Gasteiger charge is -2.24. The maximum Gasteiger partial charge on any atom is 0.293 e. The van der Waals surface area contributed by atoms with Crippen molar-refractivity contribution in [3.63, 3.8) is 0 Å². The van der Waals surface area contributed by atoms with Crippen LogP contribution in [-0.4, -0.2) is 36.0 Å². The molecular weight excluding hydrogens is 376 g/mol. The first-order valence-electron chi connectivity index (χ1n) is 8.81. The van der Waals surface area contributed by atoms with Gasteiger partial charge in [0.25, 0.3) is 11.4 Å². The summed E-state index contributed by atoms with van der Waals surface area (Å²) < 4.78 is 0. The van der Waals surface area contributed by atoms with Crippen molar-refractivity contribution >= 4 is 22.7 Å². The molecule has 0 saturated carbocycles. The largest absolute Gasteiger partial charge is 0.364 e. The quantitative estimate of drug-likeness (QED) is 0.571. The maximum atomic E-state index is 11.4. The molecule has 0 amide bonds. The number of benzene rings is 2. The first-order valence-corrected chi connectivity index (χ1v) is 8.81. The summed E-state index contributed by atoms with van der Waals surface area (Å²) in [6.45, 7) is 1.91. The second-order valence-electron chi connectivity index (χ2n) is 6.47. The highest BCUT2D eigenvalue weighted by Crippen LogP contribution is 2.33. The number of anilines is 2. The zero-order chi connectivity index (χ0) is 21.0. The Kier molecular flexibility index (Phi) is 5.56. The fourth-order valence-corrected chi connectivity index (χ4v) is 3.41. The summed E-state index contributed by atoms with van der Waals surface area (Å²) in [7, 11) is 0. The lowest BCUT2D eigenvalue weighted by Crippen LogP contribution is -2.31. The van der Waals surface area contributed by atoms with Gasteiger partial charge in [-0.15, -0.1) is 0 Å². The van der Waals surface area contributed by atoms with E-state index in [1.165, 1.54) is 24.3 Å². The number of nitriles is 2. The van der Waals surface area contributed by atoms with Crippen LogP contribution < -0.4 is 9.80 Å². The summed E-state index contributed by atoms with van der Waals surface area (Å²) in [5.41, 5.74) is 0.995. The molecule has 1 aliphatic rings. The maximum absolute atomic E-state index is 11.4. The van der Waals surface area contributed by atoms with Crippen molar-refractivity contribution in [2.24, 2.45) is 0 Å². The van der Waals surface area contributed by atoms with E-state index in [0.717, 1.165) is 0 Å². The third-order valence-corrected chi connectivity index (χ3v) is 4.78. The van der Waals surface area contributed by atoms with Crippen molar-refractivity contribution in [2.45, 2.75) is 6.42 Å². The summed E-state index contributed by atoms with van der Waals surface area (Å²) in [4.78, 5) is 25.6. The summed E-state index contributed by atoms with van der Waals surface area (Å²) in [5.74, 6) is 0. The lowest BCUT2D eigenvalue weighted by atomic mass is 10.1. The van der Waals surface area contributed by atoms with E-state index in [2.05, 4.69) is 0 Å². The second-order valence-corrected chi connectivity index (χ2v) is 6.47. The average Bonchev–Trinajstić information content (AvgIpc) is 2.98. The van der Waals surface area contributed by atoms with E-state index in [1.54, 1.807) is 12.1 Å². The first kappa shape index (κ1) is 19.6. The molecule has 0 spiro atoms. The molecule has 1 fully saturated rings. The molecule has 0 radical (unpaired) electrons. The topological polar surface area (TPSA) is 140 Å². The van der Waals surface area contributed by atoms with Crippen LogP contribution in [0.5, 0.6) is 0 Å². The van der Waals surface area contributed by atoms with Gasteiger partial charge in [0, 0.05) is 38.3 Å².